The van der Waals surface area contributed by atoms with Crippen LogP contribution in [0.4, 0.5) is 5.69 Å². The van der Waals surface area contributed by atoms with Gasteiger partial charge in [0.2, 0.25) is 0 Å². The molecule has 0 aliphatic heterocycles. The van der Waals surface area contributed by atoms with Crippen molar-refractivity contribution >= 4 is 18.3 Å². The average molecular weight is 214 g/mol. The quantitative estimate of drug-likeness (QED) is 0.486. The Morgan fingerprint density at radius 1 is 1.06 bits per heavy atom. The van der Waals surface area contributed by atoms with Gasteiger partial charge in [0.05, 0.1) is 0 Å². The first-order valence-electron chi connectivity index (χ1n) is 4.84. The molecule has 0 saturated carbocycles. The highest BCUT2D eigenvalue weighted by Gasteiger charge is 2.11. The zero-order valence-electron chi connectivity index (χ0n) is 8.54. The average Bonchev–Trinajstić information content (AvgIpc) is 2.29. The lowest BCUT2D eigenvalue weighted by Crippen LogP contribution is -2.30. The Balaban J connectivity index is 2.44. The van der Waals surface area contributed by atoms with Crippen molar-refractivity contribution in [1.82, 2.24) is 4.98 Å². The van der Waals surface area contributed by atoms with Crippen molar-refractivity contribution < 1.29 is 10.0 Å². The van der Waals surface area contributed by atoms with E-state index in [4.69, 9.17) is 15.8 Å². The van der Waals surface area contributed by atoms with E-state index in [0.717, 1.165) is 11.1 Å². The molecule has 0 aliphatic rings. The van der Waals surface area contributed by atoms with Crippen molar-refractivity contribution in [1.29, 1.82) is 0 Å². The summed E-state index contributed by atoms with van der Waals surface area (Å²) in [5.74, 6) is 0. The van der Waals surface area contributed by atoms with Crippen LogP contribution < -0.4 is 11.2 Å². The number of aromatic nitrogens is 1. The standard InChI is InChI=1S/C11H11BN2O2/c13-11-3-1-2-8(5-11)9-4-10(12(15)16)7-14-6-9/h1-7,15-16H,13H2. The van der Waals surface area contributed by atoms with Gasteiger partial charge in [-0.05, 0) is 23.3 Å². The van der Waals surface area contributed by atoms with Crippen LogP contribution in [0.3, 0.4) is 0 Å². The molecule has 1 aromatic heterocycles. The monoisotopic (exact) mass is 214 g/mol. The third-order valence-corrected chi connectivity index (χ3v) is 2.28. The summed E-state index contributed by atoms with van der Waals surface area (Å²) in [5, 5.41) is 18.1. The van der Waals surface area contributed by atoms with E-state index in [9.17, 15) is 0 Å². The minimum Gasteiger partial charge on any atom is -0.423 e. The van der Waals surface area contributed by atoms with Gasteiger partial charge in [0.25, 0.3) is 0 Å². The summed E-state index contributed by atoms with van der Waals surface area (Å²) in [7, 11) is -1.51. The second-order valence-electron chi connectivity index (χ2n) is 3.51. The van der Waals surface area contributed by atoms with Crippen molar-refractivity contribution in [3.8, 4) is 11.1 Å². The predicted octanol–water partition coefficient (Wildman–Crippen LogP) is 0.0106. The van der Waals surface area contributed by atoms with Gasteiger partial charge in [0, 0.05) is 23.5 Å². The van der Waals surface area contributed by atoms with Gasteiger partial charge >= 0.3 is 7.12 Å². The first kappa shape index (κ1) is 10.7. The number of nitrogens with zero attached hydrogens (tertiary/aromatic N) is 1. The summed E-state index contributed by atoms with van der Waals surface area (Å²) in [6.07, 6.45) is 3.07. The summed E-state index contributed by atoms with van der Waals surface area (Å²) < 4.78 is 0. The third kappa shape index (κ3) is 2.21. The Kier molecular flexibility index (Phi) is 2.89. The van der Waals surface area contributed by atoms with Crippen LogP contribution in [0.5, 0.6) is 0 Å². The molecule has 0 spiro atoms. The zero-order valence-corrected chi connectivity index (χ0v) is 8.54. The number of hydrogen-bond acceptors (Lipinski definition) is 4. The second kappa shape index (κ2) is 4.34. The van der Waals surface area contributed by atoms with Crippen LogP contribution in [-0.4, -0.2) is 22.2 Å². The Bertz CT molecular complexity index is 503. The van der Waals surface area contributed by atoms with Gasteiger partial charge in [-0.3, -0.25) is 4.98 Å². The van der Waals surface area contributed by atoms with Crippen LogP contribution in [0.1, 0.15) is 0 Å². The predicted molar refractivity (Wildman–Crippen MR) is 63.9 cm³/mol. The molecule has 0 aliphatic carbocycles. The molecule has 1 aromatic carbocycles. The summed E-state index contributed by atoms with van der Waals surface area (Å²) in [6.45, 7) is 0. The fourth-order valence-electron chi connectivity index (χ4n) is 1.48. The van der Waals surface area contributed by atoms with E-state index in [1.807, 2.05) is 18.2 Å². The molecule has 80 valence electrons. The minimum absolute atomic E-state index is 0.361. The van der Waals surface area contributed by atoms with Crippen LogP contribution in [0, 0.1) is 0 Å². The normalized spacial score (nSPS) is 10.1. The van der Waals surface area contributed by atoms with E-state index < -0.39 is 7.12 Å². The van der Waals surface area contributed by atoms with Gasteiger partial charge in [0.1, 0.15) is 0 Å². The van der Waals surface area contributed by atoms with Gasteiger partial charge in [0.15, 0.2) is 0 Å². The molecule has 0 atom stereocenters. The molecular formula is C11H11BN2O2. The third-order valence-electron chi connectivity index (χ3n) is 2.28. The fraction of sp³-hybridized carbons (Fsp3) is 0. The van der Waals surface area contributed by atoms with Gasteiger partial charge in [-0.1, -0.05) is 18.2 Å². The van der Waals surface area contributed by atoms with E-state index in [0.29, 0.717) is 11.2 Å². The summed E-state index contributed by atoms with van der Waals surface area (Å²) >= 11 is 0. The first-order chi connectivity index (χ1) is 7.66. The highest BCUT2D eigenvalue weighted by Crippen LogP contribution is 2.19. The molecule has 4 N–H and O–H groups in total. The maximum absolute atomic E-state index is 9.04. The highest BCUT2D eigenvalue weighted by atomic mass is 16.4. The molecule has 0 unspecified atom stereocenters. The Morgan fingerprint density at radius 3 is 2.56 bits per heavy atom. The largest absolute Gasteiger partial charge is 0.490 e. The van der Waals surface area contributed by atoms with Gasteiger partial charge in [-0.2, -0.15) is 0 Å². The number of pyridine rings is 1. The molecular weight excluding hydrogens is 203 g/mol. The number of rotatable bonds is 2. The SMILES string of the molecule is Nc1cccc(-c2cncc(B(O)O)c2)c1. The maximum atomic E-state index is 9.04. The van der Waals surface area contributed by atoms with Gasteiger partial charge in [-0.25, -0.2) is 0 Å². The van der Waals surface area contributed by atoms with Gasteiger partial charge in [-0.15, -0.1) is 0 Å². The van der Waals surface area contributed by atoms with Crippen LogP contribution >= 0.6 is 0 Å². The summed E-state index contributed by atoms with van der Waals surface area (Å²) in [5.41, 5.74) is 8.40. The molecule has 0 saturated heterocycles. The van der Waals surface area contributed by atoms with E-state index >= 15 is 0 Å². The molecule has 0 amide bonds. The van der Waals surface area contributed by atoms with Crippen molar-refractivity contribution in [3.63, 3.8) is 0 Å². The molecule has 2 rings (SSSR count). The second-order valence-corrected chi connectivity index (χ2v) is 3.51. The van der Waals surface area contributed by atoms with Crippen LogP contribution in [0.25, 0.3) is 11.1 Å². The molecule has 2 aromatic rings. The van der Waals surface area contributed by atoms with Crippen LogP contribution in [0.15, 0.2) is 42.7 Å². The molecule has 5 heteroatoms. The van der Waals surface area contributed by atoms with Crippen LogP contribution in [0.2, 0.25) is 0 Å². The minimum atomic E-state index is -1.51. The number of hydrogen-bond donors (Lipinski definition) is 3. The topological polar surface area (TPSA) is 79.4 Å². The van der Waals surface area contributed by atoms with Crippen molar-refractivity contribution in [2.24, 2.45) is 0 Å². The van der Waals surface area contributed by atoms with E-state index in [2.05, 4.69) is 4.98 Å². The Morgan fingerprint density at radius 2 is 1.88 bits per heavy atom. The molecule has 16 heavy (non-hydrogen) atoms. The zero-order chi connectivity index (χ0) is 11.5. The summed E-state index contributed by atoms with van der Waals surface area (Å²) in [6, 6.07) is 9.01. The number of anilines is 1. The van der Waals surface area contributed by atoms with E-state index in [1.54, 1.807) is 18.3 Å². The smallest absolute Gasteiger partial charge is 0.423 e. The lowest BCUT2D eigenvalue weighted by molar-refractivity contribution is 0.425. The van der Waals surface area contributed by atoms with Crippen molar-refractivity contribution in [3.05, 3.63) is 42.7 Å². The molecule has 1 heterocycles. The maximum Gasteiger partial charge on any atom is 0.490 e. The summed E-state index contributed by atoms with van der Waals surface area (Å²) in [4.78, 5) is 3.95. The number of benzene rings is 1. The number of nitrogens with two attached hydrogens (primary N) is 1. The van der Waals surface area contributed by atoms with Gasteiger partial charge < -0.3 is 15.8 Å². The Labute approximate surface area is 93.5 Å². The van der Waals surface area contributed by atoms with Crippen LogP contribution in [-0.2, 0) is 0 Å². The van der Waals surface area contributed by atoms with E-state index in [1.165, 1.54) is 6.20 Å². The van der Waals surface area contributed by atoms with Crippen molar-refractivity contribution in [2.45, 2.75) is 0 Å². The lowest BCUT2D eigenvalue weighted by Gasteiger charge is -2.04. The fourth-order valence-corrected chi connectivity index (χ4v) is 1.48. The van der Waals surface area contributed by atoms with Crippen molar-refractivity contribution in [2.75, 3.05) is 5.73 Å². The first-order valence-corrected chi connectivity index (χ1v) is 4.84. The molecule has 0 bridgehead atoms. The molecule has 0 radical (unpaired) electrons. The highest BCUT2D eigenvalue weighted by molar-refractivity contribution is 6.58. The molecule has 0 fully saturated rings. The molecule has 4 nitrogen and oxygen atoms in total. The lowest BCUT2D eigenvalue weighted by atomic mass is 9.80. The van der Waals surface area contributed by atoms with E-state index in [-0.39, 0.29) is 0 Å². The Hall–Kier alpha value is -1.85. The number of nitrogen functional groups attached to an aromatic ring is 1.